The Kier molecular flexibility index (Phi) is 4.86. The van der Waals surface area contributed by atoms with Crippen LogP contribution in [0.15, 0.2) is 29.6 Å². The third-order valence-electron chi connectivity index (χ3n) is 4.01. The van der Waals surface area contributed by atoms with Crippen LogP contribution in [-0.4, -0.2) is 21.6 Å². The summed E-state index contributed by atoms with van der Waals surface area (Å²) in [6, 6.07) is 4.99. The Labute approximate surface area is 163 Å². The first-order valence-corrected chi connectivity index (χ1v) is 10.3. The summed E-state index contributed by atoms with van der Waals surface area (Å²) in [7, 11) is 0. The largest absolute Gasteiger partial charge is 0.324 e. The lowest BCUT2D eigenvalue weighted by molar-refractivity contribution is -0.113. The molecule has 0 bridgehead atoms. The molecule has 0 aliphatic heterocycles. The second-order valence-corrected chi connectivity index (χ2v) is 8.57. The molecule has 1 aliphatic rings. The second-order valence-electron chi connectivity index (χ2n) is 5.68. The fourth-order valence-electron chi connectivity index (χ4n) is 2.92. The maximum absolute atomic E-state index is 12.3. The highest BCUT2D eigenvalue weighted by molar-refractivity contribution is 8.00. The highest BCUT2D eigenvalue weighted by Crippen LogP contribution is 2.40. The first-order chi connectivity index (χ1) is 12.1. The van der Waals surface area contributed by atoms with Crippen molar-refractivity contribution in [3.63, 3.8) is 0 Å². The molecule has 1 aliphatic carbocycles. The number of carbonyl (C=O) groups excluding carboxylic acids is 1. The number of thioether (sulfide) groups is 1. The first kappa shape index (κ1) is 17.1. The van der Waals surface area contributed by atoms with Gasteiger partial charge in [-0.2, -0.15) is 0 Å². The second kappa shape index (κ2) is 7.11. The van der Waals surface area contributed by atoms with Gasteiger partial charge in [0.15, 0.2) is 0 Å². The van der Waals surface area contributed by atoms with E-state index in [1.807, 2.05) is 0 Å². The maximum Gasteiger partial charge on any atom is 0.234 e. The molecule has 0 saturated heterocycles. The molecule has 4 rings (SSSR count). The summed E-state index contributed by atoms with van der Waals surface area (Å²) in [4.78, 5) is 23.5. The van der Waals surface area contributed by atoms with Crippen molar-refractivity contribution in [2.24, 2.45) is 0 Å². The Bertz CT molecular complexity index is 974. The molecule has 0 spiro atoms. The zero-order valence-electron chi connectivity index (χ0n) is 13.0. The summed E-state index contributed by atoms with van der Waals surface area (Å²) in [5.74, 6) is 0.104. The molecule has 2 aromatic heterocycles. The number of benzene rings is 1. The van der Waals surface area contributed by atoms with Crippen molar-refractivity contribution in [3.8, 4) is 0 Å². The van der Waals surface area contributed by atoms with E-state index in [0.717, 1.165) is 28.1 Å². The Morgan fingerprint density at radius 3 is 3.04 bits per heavy atom. The molecule has 0 radical (unpaired) electrons. The summed E-state index contributed by atoms with van der Waals surface area (Å²) >= 11 is 15.2. The summed E-state index contributed by atoms with van der Waals surface area (Å²) in [5.41, 5.74) is 1.88. The van der Waals surface area contributed by atoms with Crippen molar-refractivity contribution in [1.29, 1.82) is 0 Å². The monoisotopic (exact) mass is 409 g/mol. The number of fused-ring (bicyclic) bond motifs is 3. The van der Waals surface area contributed by atoms with Gasteiger partial charge in [-0.3, -0.25) is 4.79 Å². The highest BCUT2D eigenvalue weighted by atomic mass is 35.5. The van der Waals surface area contributed by atoms with Crippen LogP contribution in [0.25, 0.3) is 10.2 Å². The van der Waals surface area contributed by atoms with Gasteiger partial charge in [0, 0.05) is 15.3 Å². The standard InChI is InChI=1S/C17H13Cl2N3OS2/c18-9-4-5-11(19)12(6-9)22-14(23)7-24-16-15-10-2-1-3-13(10)25-17(15)21-8-20-16/h4-6,8H,1-3,7H2,(H,22,23). The third-order valence-corrected chi connectivity index (χ3v) is 6.76. The Balaban J connectivity index is 1.51. The average molecular weight is 410 g/mol. The van der Waals surface area contributed by atoms with E-state index in [4.69, 9.17) is 23.2 Å². The number of halogens is 2. The van der Waals surface area contributed by atoms with Crippen molar-refractivity contribution in [2.45, 2.75) is 24.3 Å². The minimum atomic E-state index is -0.146. The molecule has 128 valence electrons. The van der Waals surface area contributed by atoms with Gasteiger partial charge >= 0.3 is 0 Å². The van der Waals surface area contributed by atoms with Gasteiger partial charge in [-0.15, -0.1) is 11.3 Å². The molecule has 0 saturated carbocycles. The summed E-state index contributed by atoms with van der Waals surface area (Å²) in [5, 5.41) is 5.78. The zero-order chi connectivity index (χ0) is 17.4. The molecule has 0 fully saturated rings. The van der Waals surface area contributed by atoms with Gasteiger partial charge in [-0.1, -0.05) is 35.0 Å². The van der Waals surface area contributed by atoms with Crippen molar-refractivity contribution in [1.82, 2.24) is 9.97 Å². The fraction of sp³-hybridized carbons (Fsp3) is 0.235. The van der Waals surface area contributed by atoms with Crippen LogP contribution in [0.5, 0.6) is 0 Å². The minimum Gasteiger partial charge on any atom is -0.324 e. The SMILES string of the molecule is O=C(CSc1ncnc2sc3c(c12)CCC3)Nc1cc(Cl)ccc1Cl. The van der Waals surface area contributed by atoms with Crippen molar-refractivity contribution in [2.75, 3.05) is 11.1 Å². The van der Waals surface area contributed by atoms with Gasteiger partial charge in [0.25, 0.3) is 0 Å². The number of anilines is 1. The minimum absolute atomic E-state index is 0.146. The lowest BCUT2D eigenvalue weighted by Crippen LogP contribution is -2.14. The normalized spacial score (nSPS) is 13.2. The molecule has 25 heavy (non-hydrogen) atoms. The van der Waals surface area contributed by atoms with E-state index in [9.17, 15) is 4.79 Å². The number of aryl methyl sites for hydroxylation is 2. The summed E-state index contributed by atoms with van der Waals surface area (Å²) in [6.07, 6.45) is 4.95. The molecular weight excluding hydrogens is 397 g/mol. The predicted molar refractivity (Wildman–Crippen MR) is 105 cm³/mol. The Morgan fingerprint density at radius 2 is 2.16 bits per heavy atom. The summed E-state index contributed by atoms with van der Waals surface area (Å²) < 4.78 is 0. The van der Waals surface area contributed by atoms with Crippen molar-refractivity contribution in [3.05, 3.63) is 45.0 Å². The molecule has 8 heteroatoms. The van der Waals surface area contributed by atoms with Crippen LogP contribution in [0, 0.1) is 0 Å². The van der Waals surface area contributed by atoms with E-state index in [1.54, 1.807) is 35.9 Å². The van der Waals surface area contributed by atoms with Gasteiger partial charge in [-0.25, -0.2) is 9.97 Å². The number of nitrogens with zero attached hydrogens (tertiary/aromatic N) is 2. The maximum atomic E-state index is 12.3. The highest BCUT2D eigenvalue weighted by Gasteiger charge is 2.21. The van der Waals surface area contributed by atoms with Gasteiger partial charge in [0.1, 0.15) is 16.2 Å². The number of thiophene rings is 1. The number of rotatable bonds is 4. The van der Waals surface area contributed by atoms with Crippen LogP contribution < -0.4 is 5.32 Å². The molecule has 4 nitrogen and oxygen atoms in total. The van der Waals surface area contributed by atoms with Crippen molar-refractivity contribution < 1.29 is 4.79 Å². The molecule has 1 aromatic carbocycles. The Hall–Kier alpha value is -1.34. The number of hydrogen-bond donors (Lipinski definition) is 1. The topological polar surface area (TPSA) is 54.9 Å². The number of carbonyl (C=O) groups is 1. The first-order valence-electron chi connectivity index (χ1n) is 7.75. The fourth-order valence-corrected chi connectivity index (χ4v) is 5.38. The van der Waals surface area contributed by atoms with E-state index < -0.39 is 0 Å². The van der Waals surface area contributed by atoms with Crippen LogP contribution >= 0.6 is 46.3 Å². The molecule has 0 atom stereocenters. The van der Waals surface area contributed by atoms with Gasteiger partial charge in [0.05, 0.1) is 16.5 Å². The number of amides is 1. The smallest absolute Gasteiger partial charge is 0.234 e. The predicted octanol–water partition coefficient (Wildman–Crippen LogP) is 5.22. The molecule has 1 N–H and O–H groups in total. The molecule has 1 amide bonds. The van der Waals surface area contributed by atoms with Gasteiger partial charge in [-0.05, 0) is 43.0 Å². The van der Waals surface area contributed by atoms with Crippen LogP contribution in [0.1, 0.15) is 16.9 Å². The third kappa shape index (κ3) is 3.49. The van der Waals surface area contributed by atoms with Crippen LogP contribution in [0.2, 0.25) is 10.0 Å². The van der Waals surface area contributed by atoms with Gasteiger partial charge in [0.2, 0.25) is 5.91 Å². The van der Waals surface area contributed by atoms with E-state index >= 15 is 0 Å². The molecule has 0 unspecified atom stereocenters. The van der Waals surface area contributed by atoms with Crippen LogP contribution in [0.3, 0.4) is 0 Å². The molecule has 2 heterocycles. The van der Waals surface area contributed by atoms with E-state index in [0.29, 0.717) is 15.7 Å². The van der Waals surface area contributed by atoms with Crippen molar-refractivity contribution >= 4 is 68.1 Å². The lowest BCUT2D eigenvalue weighted by Gasteiger charge is -2.08. The zero-order valence-corrected chi connectivity index (χ0v) is 16.2. The number of aromatic nitrogens is 2. The van der Waals surface area contributed by atoms with E-state index in [2.05, 4.69) is 15.3 Å². The van der Waals surface area contributed by atoms with E-state index in [-0.39, 0.29) is 11.7 Å². The van der Waals surface area contributed by atoms with Crippen LogP contribution in [-0.2, 0) is 17.6 Å². The quantitative estimate of drug-likeness (QED) is 0.474. The Morgan fingerprint density at radius 1 is 1.28 bits per heavy atom. The van der Waals surface area contributed by atoms with Gasteiger partial charge < -0.3 is 5.32 Å². The summed E-state index contributed by atoms with van der Waals surface area (Å²) in [6.45, 7) is 0. The van der Waals surface area contributed by atoms with Crippen LogP contribution in [0.4, 0.5) is 5.69 Å². The average Bonchev–Trinajstić information content (AvgIpc) is 3.17. The van der Waals surface area contributed by atoms with E-state index in [1.165, 1.54) is 28.6 Å². The number of nitrogens with one attached hydrogen (secondary N) is 1. The molecular formula is C17H13Cl2N3OS2. The molecule has 3 aromatic rings. The number of hydrogen-bond acceptors (Lipinski definition) is 5. The lowest BCUT2D eigenvalue weighted by atomic mass is 10.2.